The highest BCUT2D eigenvalue weighted by Crippen LogP contribution is 2.27. The topological polar surface area (TPSA) is 41.1 Å². The standard InChI is InChI=1S/C10H18N2O.ClH/c1-5-7(2)12-9(13)8-10(3,4)6-11-8;/h5,7-8,11H,1,6H2,2-4H3,(H,12,13);1H. The minimum Gasteiger partial charge on any atom is -0.349 e. The molecule has 1 fully saturated rings. The molecule has 0 saturated carbocycles. The summed E-state index contributed by atoms with van der Waals surface area (Å²) in [5.74, 6) is 0.0728. The van der Waals surface area contributed by atoms with E-state index >= 15 is 0 Å². The van der Waals surface area contributed by atoms with Gasteiger partial charge in [0, 0.05) is 18.0 Å². The molecule has 1 aliphatic heterocycles. The van der Waals surface area contributed by atoms with Crippen LogP contribution in [0, 0.1) is 5.41 Å². The van der Waals surface area contributed by atoms with Crippen molar-refractivity contribution in [1.29, 1.82) is 0 Å². The summed E-state index contributed by atoms with van der Waals surface area (Å²) in [7, 11) is 0. The van der Waals surface area contributed by atoms with Crippen molar-refractivity contribution >= 4 is 18.3 Å². The molecule has 1 saturated heterocycles. The van der Waals surface area contributed by atoms with Crippen molar-refractivity contribution in [3.8, 4) is 0 Å². The number of rotatable bonds is 3. The predicted octanol–water partition coefficient (Wildman–Crippen LogP) is 1.10. The van der Waals surface area contributed by atoms with Crippen molar-refractivity contribution in [3.63, 3.8) is 0 Å². The summed E-state index contributed by atoms with van der Waals surface area (Å²) in [6.07, 6.45) is 1.73. The highest BCUT2D eigenvalue weighted by molar-refractivity contribution is 5.85. The van der Waals surface area contributed by atoms with Crippen molar-refractivity contribution in [3.05, 3.63) is 12.7 Å². The fraction of sp³-hybridized carbons (Fsp3) is 0.700. The van der Waals surface area contributed by atoms with Crippen molar-refractivity contribution < 1.29 is 4.79 Å². The number of halogens is 1. The molecule has 1 aliphatic rings. The van der Waals surface area contributed by atoms with E-state index in [4.69, 9.17) is 0 Å². The SMILES string of the molecule is C=CC(C)NC(=O)C1NCC1(C)C.Cl. The first kappa shape index (κ1) is 13.5. The average molecular weight is 219 g/mol. The number of hydrogen-bond donors (Lipinski definition) is 2. The van der Waals surface area contributed by atoms with Crippen molar-refractivity contribution in [2.45, 2.75) is 32.9 Å². The van der Waals surface area contributed by atoms with Crippen LogP contribution in [0.1, 0.15) is 20.8 Å². The second-order valence-electron chi connectivity index (χ2n) is 4.34. The van der Waals surface area contributed by atoms with Crippen LogP contribution in [-0.2, 0) is 4.79 Å². The first-order valence-electron chi connectivity index (χ1n) is 4.63. The molecule has 4 heteroatoms. The van der Waals surface area contributed by atoms with Crippen LogP contribution in [0.2, 0.25) is 0 Å². The van der Waals surface area contributed by atoms with Crippen LogP contribution in [0.5, 0.6) is 0 Å². The third kappa shape index (κ3) is 2.72. The highest BCUT2D eigenvalue weighted by atomic mass is 35.5. The van der Waals surface area contributed by atoms with Gasteiger partial charge >= 0.3 is 0 Å². The lowest BCUT2D eigenvalue weighted by Crippen LogP contribution is -2.66. The van der Waals surface area contributed by atoms with Crippen LogP contribution < -0.4 is 10.6 Å². The van der Waals surface area contributed by atoms with Crippen LogP contribution in [0.15, 0.2) is 12.7 Å². The van der Waals surface area contributed by atoms with Crippen LogP contribution in [-0.4, -0.2) is 24.5 Å². The maximum absolute atomic E-state index is 11.6. The van der Waals surface area contributed by atoms with E-state index in [1.54, 1.807) is 6.08 Å². The molecule has 2 atom stereocenters. The van der Waals surface area contributed by atoms with Gasteiger partial charge in [-0.25, -0.2) is 0 Å². The van der Waals surface area contributed by atoms with E-state index in [2.05, 4.69) is 31.1 Å². The monoisotopic (exact) mass is 218 g/mol. The third-order valence-corrected chi connectivity index (χ3v) is 2.53. The molecule has 0 bridgehead atoms. The molecule has 0 radical (unpaired) electrons. The number of hydrogen-bond acceptors (Lipinski definition) is 2. The lowest BCUT2D eigenvalue weighted by molar-refractivity contribution is -0.129. The average Bonchev–Trinajstić information content (AvgIpc) is 2.02. The molecule has 1 rings (SSSR count). The number of carbonyl (C=O) groups excluding carboxylic acids is 1. The highest BCUT2D eigenvalue weighted by Gasteiger charge is 2.42. The Hall–Kier alpha value is -0.540. The van der Waals surface area contributed by atoms with Gasteiger partial charge in [0.1, 0.15) is 0 Å². The van der Waals surface area contributed by atoms with Gasteiger partial charge in [0.15, 0.2) is 0 Å². The van der Waals surface area contributed by atoms with Crippen LogP contribution >= 0.6 is 12.4 Å². The Labute approximate surface area is 91.7 Å². The van der Waals surface area contributed by atoms with E-state index in [-0.39, 0.29) is 35.8 Å². The second-order valence-corrected chi connectivity index (χ2v) is 4.34. The summed E-state index contributed by atoms with van der Waals surface area (Å²) >= 11 is 0. The summed E-state index contributed by atoms with van der Waals surface area (Å²) in [5, 5.41) is 5.99. The maximum atomic E-state index is 11.6. The smallest absolute Gasteiger partial charge is 0.238 e. The third-order valence-electron chi connectivity index (χ3n) is 2.53. The molecule has 2 unspecified atom stereocenters. The van der Waals surface area contributed by atoms with Crippen molar-refractivity contribution in [2.24, 2.45) is 5.41 Å². The summed E-state index contributed by atoms with van der Waals surface area (Å²) in [6.45, 7) is 10.6. The van der Waals surface area contributed by atoms with E-state index < -0.39 is 0 Å². The first-order valence-corrected chi connectivity index (χ1v) is 4.63. The lowest BCUT2D eigenvalue weighted by Gasteiger charge is -2.44. The minimum atomic E-state index is -0.0464. The molecule has 82 valence electrons. The van der Waals surface area contributed by atoms with E-state index in [0.717, 1.165) is 6.54 Å². The molecule has 2 N–H and O–H groups in total. The van der Waals surface area contributed by atoms with Gasteiger partial charge in [-0.15, -0.1) is 19.0 Å². The van der Waals surface area contributed by atoms with Gasteiger partial charge in [-0.05, 0) is 6.92 Å². The van der Waals surface area contributed by atoms with Gasteiger partial charge in [0.05, 0.1) is 6.04 Å². The molecule has 14 heavy (non-hydrogen) atoms. The fourth-order valence-corrected chi connectivity index (χ4v) is 1.43. The maximum Gasteiger partial charge on any atom is 0.238 e. The van der Waals surface area contributed by atoms with Gasteiger partial charge < -0.3 is 10.6 Å². The van der Waals surface area contributed by atoms with Crippen LogP contribution in [0.3, 0.4) is 0 Å². The number of amides is 1. The molecular weight excluding hydrogens is 200 g/mol. The minimum absolute atomic E-state index is 0. The summed E-state index contributed by atoms with van der Waals surface area (Å²) in [5.41, 5.74) is 0.0883. The molecule has 0 spiro atoms. The fourth-order valence-electron chi connectivity index (χ4n) is 1.43. The molecule has 0 aromatic heterocycles. The summed E-state index contributed by atoms with van der Waals surface area (Å²) < 4.78 is 0. The van der Waals surface area contributed by atoms with E-state index in [9.17, 15) is 4.79 Å². The number of nitrogens with one attached hydrogen (secondary N) is 2. The summed E-state index contributed by atoms with van der Waals surface area (Å²) in [6, 6.07) is 0.000556. The Balaban J connectivity index is 0.00000169. The molecular formula is C10H19ClN2O. The Bertz CT molecular complexity index is 228. The zero-order valence-corrected chi connectivity index (χ0v) is 9.78. The summed E-state index contributed by atoms with van der Waals surface area (Å²) in [4.78, 5) is 11.6. The zero-order chi connectivity index (χ0) is 10.1. The van der Waals surface area contributed by atoms with Crippen LogP contribution in [0.25, 0.3) is 0 Å². The van der Waals surface area contributed by atoms with Crippen molar-refractivity contribution in [2.75, 3.05) is 6.54 Å². The first-order chi connectivity index (χ1) is 5.97. The molecule has 3 nitrogen and oxygen atoms in total. The van der Waals surface area contributed by atoms with Crippen molar-refractivity contribution in [1.82, 2.24) is 10.6 Å². The quantitative estimate of drug-likeness (QED) is 0.697. The van der Waals surface area contributed by atoms with Gasteiger partial charge in [-0.2, -0.15) is 0 Å². The van der Waals surface area contributed by atoms with E-state index in [0.29, 0.717) is 0 Å². The van der Waals surface area contributed by atoms with E-state index in [1.807, 2.05) is 6.92 Å². The Morgan fingerprint density at radius 2 is 2.29 bits per heavy atom. The normalized spacial score (nSPS) is 25.2. The second kappa shape index (κ2) is 4.80. The zero-order valence-electron chi connectivity index (χ0n) is 8.96. The van der Waals surface area contributed by atoms with Gasteiger partial charge in [-0.1, -0.05) is 19.9 Å². The Kier molecular flexibility index (Phi) is 4.62. The van der Waals surface area contributed by atoms with Gasteiger partial charge in [0.25, 0.3) is 0 Å². The molecule has 1 amide bonds. The predicted molar refractivity (Wildman–Crippen MR) is 60.6 cm³/mol. The Morgan fingerprint density at radius 3 is 2.57 bits per heavy atom. The largest absolute Gasteiger partial charge is 0.349 e. The molecule has 0 aromatic rings. The van der Waals surface area contributed by atoms with Gasteiger partial charge in [-0.3, -0.25) is 4.79 Å². The number of carbonyl (C=O) groups is 1. The van der Waals surface area contributed by atoms with Crippen LogP contribution in [0.4, 0.5) is 0 Å². The lowest BCUT2D eigenvalue weighted by atomic mass is 9.77. The van der Waals surface area contributed by atoms with Gasteiger partial charge in [0.2, 0.25) is 5.91 Å². The molecule has 1 heterocycles. The molecule has 0 aromatic carbocycles. The van der Waals surface area contributed by atoms with E-state index in [1.165, 1.54) is 0 Å². The Morgan fingerprint density at radius 1 is 1.71 bits per heavy atom. The molecule has 0 aliphatic carbocycles.